The Hall–Kier alpha value is -2.21. The van der Waals surface area contributed by atoms with Gasteiger partial charge in [0.05, 0.1) is 27.0 Å². The zero-order valence-corrected chi connectivity index (χ0v) is 22.1. The molecule has 1 aromatic heterocycles. The molecule has 5 nitrogen and oxygen atoms in total. The molecule has 1 spiro atoms. The van der Waals surface area contributed by atoms with Crippen molar-refractivity contribution in [2.75, 3.05) is 32.7 Å². The van der Waals surface area contributed by atoms with Crippen molar-refractivity contribution in [2.45, 2.75) is 56.3 Å². The summed E-state index contributed by atoms with van der Waals surface area (Å²) in [6.45, 7) is 6.20. The summed E-state index contributed by atoms with van der Waals surface area (Å²) in [4.78, 5) is 20.7. The number of rotatable bonds is 3. The van der Waals surface area contributed by atoms with Crippen LogP contribution in [0.25, 0.3) is 16.6 Å². The molecule has 2 saturated carbocycles. The summed E-state index contributed by atoms with van der Waals surface area (Å²) in [5.74, 6) is 4.38. The molecule has 4 fully saturated rings. The molecule has 37 heavy (non-hydrogen) atoms. The lowest BCUT2D eigenvalue weighted by molar-refractivity contribution is 0.197. The fourth-order valence-electron chi connectivity index (χ4n) is 8.52. The molecule has 3 aromatic rings. The number of hydrogen-bond donors (Lipinski definition) is 1. The Morgan fingerprint density at radius 1 is 1.03 bits per heavy atom. The first-order valence-corrected chi connectivity index (χ1v) is 14.8. The van der Waals surface area contributed by atoms with Gasteiger partial charge in [0.15, 0.2) is 0 Å². The molecule has 0 bridgehead atoms. The van der Waals surface area contributed by atoms with E-state index in [0.29, 0.717) is 16.3 Å². The molecule has 0 radical (unpaired) electrons. The van der Waals surface area contributed by atoms with Gasteiger partial charge in [0.25, 0.3) is 5.56 Å². The summed E-state index contributed by atoms with van der Waals surface area (Å²) < 4.78 is 2.29. The van der Waals surface area contributed by atoms with Gasteiger partial charge in [-0.3, -0.25) is 9.36 Å². The van der Waals surface area contributed by atoms with Gasteiger partial charge in [-0.05, 0) is 105 Å². The Bertz CT molecular complexity index is 1440. The van der Waals surface area contributed by atoms with Crippen LogP contribution in [0.15, 0.2) is 41.2 Å². The van der Waals surface area contributed by atoms with Crippen LogP contribution in [0, 0.1) is 17.8 Å². The molecule has 0 amide bonds. The predicted molar refractivity (Wildman–Crippen MR) is 148 cm³/mol. The minimum atomic E-state index is -0.187. The molecule has 5 aliphatic rings. The third-order valence-electron chi connectivity index (χ3n) is 10.6. The molecule has 2 aromatic carbocycles. The van der Waals surface area contributed by atoms with Crippen LogP contribution in [-0.4, -0.2) is 47.2 Å². The van der Waals surface area contributed by atoms with E-state index in [0.717, 1.165) is 41.9 Å². The molecule has 2 aliphatic carbocycles. The van der Waals surface area contributed by atoms with E-state index < -0.39 is 0 Å². The number of nitrogens with one attached hydrogen (secondary N) is 1. The van der Waals surface area contributed by atoms with Crippen LogP contribution in [0.2, 0.25) is 5.02 Å². The Kier molecular flexibility index (Phi) is 5.16. The van der Waals surface area contributed by atoms with Gasteiger partial charge in [-0.25, -0.2) is 0 Å². The quantitative estimate of drug-likeness (QED) is 0.519. The zero-order valence-electron chi connectivity index (χ0n) is 21.4. The summed E-state index contributed by atoms with van der Waals surface area (Å²) in [6.07, 6.45) is 8.21. The molecule has 1 N–H and O–H groups in total. The first-order chi connectivity index (χ1) is 18.1. The Morgan fingerprint density at radius 2 is 1.81 bits per heavy atom. The first kappa shape index (κ1) is 22.7. The number of fused-ring (bicyclic) bond motifs is 8. The second-order valence-electron chi connectivity index (χ2n) is 12.4. The Balaban J connectivity index is 1.15. The minimum absolute atomic E-state index is 0.150. The summed E-state index contributed by atoms with van der Waals surface area (Å²) in [7, 11) is 0. The highest BCUT2D eigenvalue weighted by Gasteiger charge is 2.53. The van der Waals surface area contributed by atoms with E-state index in [4.69, 9.17) is 16.6 Å². The number of halogens is 1. The van der Waals surface area contributed by atoms with Crippen LogP contribution < -0.4 is 10.9 Å². The number of nitrogens with zero attached hydrogens (tertiary/aromatic N) is 3. The summed E-state index contributed by atoms with van der Waals surface area (Å²) in [6, 6.07) is 13.0. The van der Waals surface area contributed by atoms with Crippen LogP contribution in [-0.2, 0) is 5.41 Å². The average Bonchev–Trinajstić information content (AvgIpc) is 3.23. The molecule has 2 saturated heterocycles. The van der Waals surface area contributed by atoms with E-state index in [1.54, 1.807) is 0 Å². The maximum Gasteiger partial charge on any atom is 0.282 e. The molecule has 8 rings (SSSR count). The van der Waals surface area contributed by atoms with Crippen molar-refractivity contribution in [3.05, 3.63) is 68.7 Å². The fraction of sp³-hybridized carbons (Fsp3) is 0.548. The third kappa shape index (κ3) is 3.36. The first-order valence-electron chi connectivity index (χ1n) is 14.4. The van der Waals surface area contributed by atoms with E-state index in [1.807, 2.05) is 18.2 Å². The van der Waals surface area contributed by atoms with Crippen molar-refractivity contribution in [2.24, 2.45) is 17.8 Å². The van der Waals surface area contributed by atoms with Crippen LogP contribution in [0.1, 0.15) is 67.8 Å². The van der Waals surface area contributed by atoms with E-state index in [1.165, 1.54) is 81.6 Å². The van der Waals surface area contributed by atoms with Gasteiger partial charge in [0, 0.05) is 6.54 Å². The SMILES string of the molecule is O=c1nc2n(c3cccc(Cl)c13)-c1cc(C3CCN(C[C@H]4[C@@H]5CNC[C@@H]54)CC3)ccc1C21CCCCC1. The summed E-state index contributed by atoms with van der Waals surface area (Å²) in [5.41, 5.74) is 4.60. The molecule has 4 heterocycles. The minimum Gasteiger partial charge on any atom is -0.316 e. The van der Waals surface area contributed by atoms with Gasteiger partial charge < -0.3 is 10.2 Å². The summed E-state index contributed by atoms with van der Waals surface area (Å²) >= 11 is 6.54. The molecular weight excluding hydrogens is 480 g/mol. The van der Waals surface area contributed by atoms with Crippen molar-refractivity contribution in [1.29, 1.82) is 0 Å². The number of hydrogen-bond acceptors (Lipinski definition) is 4. The molecule has 192 valence electrons. The average molecular weight is 515 g/mol. The third-order valence-corrected chi connectivity index (χ3v) is 10.9. The topological polar surface area (TPSA) is 50.2 Å². The fourth-order valence-corrected chi connectivity index (χ4v) is 8.77. The lowest BCUT2D eigenvalue weighted by atomic mass is 9.69. The maximum atomic E-state index is 13.2. The maximum absolute atomic E-state index is 13.2. The van der Waals surface area contributed by atoms with Crippen LogP contribution in [0.5, 0.6) is 0 Å². The van der Waals surface area contributed by atoms with Crippen LogP contribution in [0.4, 0.5) is 0 Å². The highest BCUT2D eigenvalue weighted by atomic mass is 35.5. The van der Waals surface area contributed by atoms with E-state index in [-0.39, 0.29) is 11.0 Å². The number of aromatic nitrogens is 2. The van der Waals surface area contributed by atoms with E-state index >= 15 is 0 Å². The molecule has 3 atom stereocenters. The van der Waals surface area contributed by atoms with Gasteiger partial charge in [-0.2, -0.15) is 4.98 Å². The molecule has 0 unspecified atom stereocenters. The van der Waals surface area contributed by atoms with Crippen molar-refractivity contribution < 1.29 is 0 Å². The van der Waals surface area contributed by atoms with Gasteiger partial charge >= 0.3 is 0 Å². The predicted octanol–water partition coefficient (Wildman–Crippen LogP) is 5.25. The van der Waals surface area contributed by atoms with Gasteiger partial charge in [0.1, 0.15) is 5.82 Å². The van der Waals surface area contributed by atoms with Crippen LogP contribution in [0.3, 0.4) is 0 Å². The van der Waals surface area contributed by atoms with Gasteiger partial charge in [0.2, 0.25) is 0 Å². The molecular formula is C31H35ClN4O. The van der Waals surface area contributed by atoms with Gasteiger partial charge in [-0.15, -0.1) is 0 Å². The molecule has 6 heteroatoms. The van der Waals surface area contributed by atoms with E-state index in [2.05, 4.69) is 33.0 Å². The van der Waals surface area contributed by atoms with Gasteiger partial charge in [-0.1, -0.05) is 49.1 Å². The second-order valence-corrected chi connectivity index (χ2v) is 12.8. The number of piperidine rings is 2. The standard InChI is InChI=1S/C31H35ClN4O/c32-25-5-4-6-26-28(25)29(37)34-30-31(11-2-1-3-12-31)24-8-7-20(15-27(24)36(26)30)19-9-13-35(14-10-19)18-23-21-16-33-17-22(21)23/h4-8,15,19,21-23,33H,1-3,9-14,16-18H2/t21-,22+,23+. The highest BCUT2D eigenvalue weighted by Crippen LogP contribution is 2.52. The number of benzene rings is 2. The highest BCUT2D eigenvalue weighted by molar-refractivity contribution is 6.35. The number of likely N-dealkylation sites (tertiary alicyclic amines) is 1. The monoisotopic (exact) mass is 514 g/mol. The zero-order chi connectivity index (χ0) is 24.7. The Labute approximate surface area is 223 Å². The lowest BCUT2D eigenvalue weighted by Crippen LogP contribution is -2.35. The Morgan fingerprint density at radius 3 is 2.59 bits per heavy atom. The molecule has 3 aliphatic heterocycles. The largest absolute Gasteiger partial charge is 0.316 e. The normalized spacial score (nSPS) is 28.4. The smallest absolute Gasteiger partial charge is 0.282 e. The summed E-state index contributed by atoms with van der Waals surface area (Å²) in [5, 5.41) is 4.58. The van der Waals surface area contributed by atoms with Crippen molar-refractivity contribution in [1.82, 2.24) is 19.8 Å². The van der Waals surface area contributed by atoms with Crippen molar-refractivity contribution >= 4 is 22.5 Å². The van der Waals surface area contributed by atoms with E-state index in [9.17, 15) is 4.79 Å². The van der Waals surface area contributed by atoms with Crippen LogP contribution >= 0.6 is 11.6 Å². The van der Waals surface area contributed by atoms with Crippen molar-refractivity contribution in [3.8, 4) is 5.69 Å². The van der Waals surface area contributed by atoms with Crippen molar-refractivity contribution in [3.63, 3.8) is 0 Å². The second kappa shape index (κ2) is 8.39. The lowest BCUT2D eigenvalue weighted by Gasteiger charge is -2.34.